The second-order valence-electron chi connectivity index (χ2n) is 20.9. The van der Waals surface area contributed by atoms with Crippen molar-refractivity contribution < 1.29 is 41.8 Å². The number of epoxide rings is 1. The summed E-state index contributed by atoms with van der Waals surface area (Å²) in [7, 11) is -2.17. The molecule has 67 heavy (non-hydrogen) atoms. The molecule has 0 aromatic carbocycles. The number of ether oxygens (including phenoxy) is 4. The van der Waals surface area contributed by atoms with Crippen molar-refractivity contribution in [1.29, 1.82) is 0 Å². The summed E-state index contributed by atoms with van der Waals surface area (Å²) in [5, 5.41) is 0. The van der Waals surface area contributed by atoms with E-state index >= 15 is 0 Å². The van der Waals surface area contributed by atoms with Crippen LogP contribution in [0.15, 0.2) is 36.0 Å². The van der Waals surface area contributed by atoms with E-state index in [-0.39, 0.29) is 48.8 Å². The molecular weight excluding hydrogens is 893 g/mol. The second-order valence-corrected chi connectivity index (χ2v) is 35.1. The lowest BCUT2D eigenvalue weighted by atomic mass is 9.88. The minimum atomic E-state index is -2.11. The van der Waals surface area contributed by atoms with E-state index in [0.29, 0.717) is 31.8 Å². The topological polar surface area (TPSA) is 109 Å². The summed E-state index contributed by atoms with van der Waals surface area (Å²) in [6, 6.07) is 9.47. The third-order valence-electron chi connectivity index (χ3n) is 16.8. The molecule has 0 aliphatic carbocycles. The Morgan fingerprint density at radius 1 is 0.896 bits per heavy atom. The van der Waals surface area contributed by atoms with Crippen LogP contribution in [0.25, 0.3) is 0 Å². The largest absolute Gasteiger partial charge is 0.457 e. The van der Waals surface area contributed by atoms with Crippen LogP contribution >= 0.6 is 0 Å². The van der Waals surface area contributed by atoms with Gasteiger partial charge in [0.1, 0.15) is 11.7 Å². The highest BCUT2D eigenvalue weighted by atomic mass is 28.4. The zero-order valence-electron chi connectivity index (χ0n) is 45.8. The van der Waals surface area contributed by atoms with E-state index in [1.165, 1.54) is 0 Å². The molecule has 11 nitrogen and oxygen atoms in total. The molecule has 0 spiro atoms. The molecule has 10 atom stereocenters. The molecule has 0 aromatic heterocycles. The average Bonchev–Trinajstić information content (AvgIpc) is 4.10. The number of methoxy groups -OCH3 is 1. The molecule has 3 aliphatic rings. The molecular formula is C53H100N2O9Si3. The van der Waals surface area contributed by atoms with Gasteiger partial charge in [-0.1, -0.05) is 107 Å². The maximum absolute atomic E-state index is 14.2. The monoisotopic (exact) mass is 993 g/mol. The molecule has 0 bridgehead atoms. The van der Waals surface area contributed by atoms with Gasteiger partial charge in [0.15, 0.2) is 31.1 Å². The van der Waals surface area contributed by atoms with Gasteiger partial charge in [-0.25, -0.2) is 4.79 Å². The number of carbonyl (C=O) groups excluding carboxylic acids is 2. The summed E-state index contributed by atoms with van der Waals surface area (Å²) in [6.45, 7) is 36.1. The maximum Gasteiger partial charge on any atom is 0.410 e. The quantitative estimate of drug-likeness (QED) is 0.0288. The molecule has 3 heterocycles. The Morgan fingerprint density at radius 2 is 1.46 bits per heavy atom. The Kier molecular flexibility index (Phi) is 24.3. The van der Waals surface area contributed by atoms with Crippen molar-refractivity contribution in [1.82, 2.24) is 9.80 Å². The van der Waals surface area contributed by atoms with Gasteiger partial charge in [-0.15, -0.1) is 0 Å². The molecule has 388 valence electrons. The predicted octanol–water partition coefficient (Wildman–Crippen LogP) is 12.7. The van der Waals surface area contributed by atoms with Crippen LogP contribution in [0.4, 0.5) is 4.79 Å². The fraction of sp³-hybridized carbons (Fsp3) is 0.849. The first-order chi connectivity index (χ1) is 31.7. The van der Waals surface area contributed by atoms with Crippen LogP contribution in [0.3, 0.4) is 0 Å². The zero-order valence-corrected chi connectivity index (χ0v) is 48.8. The van der Waals surface area contributed by atoms with Crippen molar-refractivity contribution in [3.63, 3.8) is 0 Å². The highest BCUT2D eigenvalue weighted by Gasteiger charge is 2.51. The first-order valence-corrected chi connectivity index (χ1v) is 34.4. The Balaban J connectivity index is 2.03. The van der Waals surface area contributed by atoms with Gasteiger partial charge >= 0.3 is 12.1 Å². The number of rotatable bonds is 25. The lowest BCUT2D eigenvalue weighted by molar-refractivity contribution is -0.151. The van der Waals surface area contributed by atoms with Crippen LogP contribution in [0.5, 0.6) is 0 Å². The number of hydrogen-bond donors (Lipinski definition) is 0. The number of nitrogens with zero attached hydrogens (tertiary/aromatic N) is 2. The maximum atomic E-state index is 14.2. The highest BCUT2D eigenvalue weighted by Crippen LogP contribution is 2.43. The van der Waals surface area contributed by atoms with Crippen molar-refractivity contribution in [2.24, 2.45) is 11.8 Å². The molecule has 3 aliphatic heterocycles. The number of likely N-dealkylation sites (N-methyl/N-ethyl adjacent to an activating group) is 1. The molecule has 0 N–H and O–H groups in total. The smallest absolute Gasteiger partial charge is 0.410 e. The van der Waals surface area contributed by atoms with E-state index in [0.717, 1.165) is 85.9 Å². The van der Waals surface area contributed by atoms with Gasteiger partial charge < -0.3 is 42.0 Å². The molecule has 1 amide bonds. The van der Waals surface area contributed by atoms with Crippen LogP contribution in [0.2, 0.25) is 54.4 Å². The summed E-state index contributed by atoms with van der Waals surface area (Å²) in [5.41, 5.74) is -0.504. The van der Waals surface area contributed by atoms with Gasteiger partial charge in [0, 0.05) is 57.6 Å². The molecule has 2 saturated heterocycles. The number of carbonyl (C=O) groups is 2. The van der Waals surface area contributed by atoms with E-state index in [1.54, 1.807) is 12.0 Å². The van der Waals surface area contributed by atoms with Crippen LogP contribution in [-0.2, 0) is 37.0 Å². The van der Waals surface area contributed by atoms with Gasteiger partial charge in [-0.3, -0.25) is 4.79 Å². The molecule has 0 unspecified atom stereocenters. The Morgan fingerprint density at radius 3 is 1.99 bits per heavy atom. The lowest BCUT2D eigenvalue weighted by Crippen LogP contribution is -2.51. The lowest BCUT2D eigenvalue weighted by Gasteiger charge is -2.39. The first-order valence-electron chi connectivity index (χ1n) is 26.9. The SMILES string of the molecule is CC[C@H](O[Si](CC)(CC)CC)[C@@H](C)[C@H]1O[C@@H]1C[C@](C)(/C=C/C=C(\C)[C@H]1OC(=O)C[C@H](O[Si](CC)(CC)CC)CC[C@@](C)(OC)[C@@H](OC(=O)N2CCN(C)CC2)/C=C\[C@@H]1C)O[Si](CC)(CC)CC. The van der Waals surface area contributed by atoms with Gasteiger partial charge in [0.05, 0.1) is 30.3 Å². The molecule has 0 radical (unpaired) electrons. The molecule has 0 aromatic rings. The summed E-state index contributed by atoms with van der Waals surface area (Å²) >= 11 is 0. The molecule has 3 rings (SSSR count). The Bertz CT molecular complexity index is 1570. The summed E-state index contributed by atoms with van der Waals surface area (Å²) < 4.78 is 47.2. The first kappa shape index (κ1) is 59.7. The summed E-state index contributed by atoms with van der Waals surface area (Å²) in [4.78, 5) is 32.0. The predicted molar refractivity (Wildman–Crippen MR) is 283 cm³/mol. The molecule has 0 saturated carbocycles. The number of amides is 1. The summed E-state index contributed by atoms with van der Waals surface area (Å²) in [6.07, 6.45) is 11.9. The van der Waals surface area contributed by atoms with Gasteiger partial charge in [-0.2, -0.15) is 0 Å². The number of piperazine rings is 1. The third kappa shape index (κ3) is 16.5. The number of esters is 1. The number of cyclic esters (lactones) is 1. The van der Waals surface area contributed by atoms with Crippen LogP contribution in [-0.4, -0.2) is 135 Å². The van der Waals surface area contributed by atoms with E-state index in [2.05, 4.69) is 120 Å². The van der Waals surface area contributed by atoms with E-state index in [4.69, 9.17) is 32.2 Å². The fourth-order valence-electron chi connectivity index (χ4n) is 10.7. The zero-order chi connectivity index (χ0) is 50.2. The van der Waals surface area contributed by atoms with Crippen molar-refractivity contribution in [3.8, 4) is 0 Å². The van der Waals surface area contributed by atoms with E-state index in [1.807, 2.05) is 26.0 Å². The molecule has 2 fully saturated rings. The van der Waals surface area contributed by atoms with Gasteiger partial charge in [-0.05, 0) is 113 Å². The van der Waals surface area contributed by atoms with Gasteiger partial charge in [0.25, 0.3) is 0 Å². The Hall–Kier alpha value is -1.63. The summed E-state index contributed by atoms with van der Waals surface area (Å²) in [5.74, 6) is -0.225. The van der Waals surface area contributed by atoms with Crippen molar-refractivity contribution in [2.45, 2.75) is 238 Å². The second kappa shape index (κ2) is 27.3. The standard InChI is InChI=1S/C53H100N2O9Si3/c1-18-45(63-66(22-5,23-6)24-7)43(13)50-46(59-50)40-52(14,64-67(25-8,26-9)27-10)33-28-29-41(11)49-42(12)30-31-47(60-51(57)55-37-35-54(16)36-38-55)53(15,58-17)34-32-44(39-48(56)61-49)62-65(19-2,20-3)21-4/h28-31,33,42-47,49-50H,18-27,32,34-40H2,1-17H3/b31-30-,33-28+,41-29+/t42-,43+,44+,45-,46+,47-,49+,50+,52-,53+/m0/s1. The highest BCUT2D eigenvalue weighted by molar-refractivity contribution is 6.74. The Labute approximate surface area is 413 Å². The normalized spacial score (nSPS) is 28.8. The third-order valence-corrected chi connectivity index (χ3v) is 30.9. The molecule has 14 heteroatoms. The van der Waals surface area contributed by atoms with Crippen molar-refractivity contribution in [2.75, 3.05) is 40.3 Å². The minimum Gasteiger partial charge on any atom is -0.457 e. The van der Waals surface area contributed by atoms with Crippen molar-refractivity contribution in [3.05, 3.63) is 36.0 Å². The minimum absolute atomic E-state index is 0.0872. The van der Waals surface area contributed by atoms with Gasteiger partial charge in [0.2, 0.25) is 0 Å². The van der Waals surface area contributed by atoms with Crippen LogP contribution < -0.4 is 0 Å². The number of hydrogen-bond acceptors (Lipinski definition) is 10. The van der Waals surface area contributed by atoms with Crippen LogP contribution in [0, 0.1) is 11.8 Å². The fourth-order valence-corrected chi connectivity index (χ4v) is 19.7. The number of allylic oxidation sites excluding steroid dienone is 2. The van der Waals surface area contributed by atoms with Crippen molar-refractivity contribution >= 4 is 37.0 Å². The van der Waals surface area contributed by atoms with E-state index in [9.17, 15) is 9.59 Å². The van der Waals surface area contributed by atoms with Crippen LogP contribution in [0.1, 0.15) is 136 Å². The van der Waals surface area contributed by atoms with E-state index < -0.39 is 48.4 Å². The average molecular weight is 994 g/mol.